The van der Waals surface area contributed by atoms with Crippen LogP contribution in [-0.2, 0) is 10.0 Å². The average Bonchev–Trinajstić information content (AvgIpc) is 2.77. The molecule has 0 saturated heterocycles. The number of fused-ring (bicyclic) bond motifs is 1. The number of benzene rings is 1. The van der Waals surface area contributed by atoms with Gasteiger partial charge in [-0.15, -0.1) is 0 Å². The Labute approximate surface area is 117 Å². The van der Waals surface area contributed by atoms with Gasteiger partial charge in [-0.05, 0) is 12.1 Å². The fourth-order valence-corrected chi connectivity index (χ4v) is 2.61. The maximum absolute atomic E-state index is 11.6. The van der Waals surface area contributed by atoms with Crippen LogP contribution in [0.15, 0.2) is 54.7 Å². The van der Waals surface area contributed by atoms with E-state index < -0.39 is 10.0 Å². The molecule has 5 nitrogen and oxygen atoms in total. The lowest BCUT2D eigenvalue weighted by atomic mass is 10.1. The Morgan fingerprint density at radius 1 is 1.05 bits per heavy atom. The van der Waals surface area contributed by atoms with E-state index in [0.29, 0.717) is 17.2 Å². The molecule has 0 aliphatic heterocycles. The summed E-state index contributed by atoms with van der Waals surface area (Å²) in [7, 11) is -3.38. The van der Waals surface area contributed by atoms with Crippen LogP contribution in [0.4, 0.5) is 5.82 Å². The molecule has 1 aromatic carbocycles. The van der Waals surface area contributed by atoms with E-state index in [1.807, 2.05) is 48.5 Å². The van der Waals surface area contributed by atoms with Gasteiger partial charge >= 0.3 is 0 Å². The standard InChI is InChI=1S/C14H13N3O2S/c1-20(18,19)16-14-13(11-7-3-2-4-8-11)15-12-9-5-6-10-17(12)14/h2-10,16H,1H3. The number of nitrogens with one attached hydrogen (secondary N) is 1. The third kappa shape index (κ3) is 2.37. The first kappa shape index (κ1) is 12.7. The number of rotatable bonds is 3. The summed E-state index contributed by atoms with van der Waals surface area (Å²) in [5, 5.41) is 0. The fraction of sp³-hybridized carbons (Fsp3) is 0.0714. The molecule has 0 amide bonds. The van der Waals surface area contributed by atoms with Crippen molar-refractivity contribution in [2.75, 3.05) is 11.0 Å². The molecule has 102 valence electrons. The first-order valence-corrected chi connectivity index (χ1v) is 7.94. The molecule has 1 N–H and O–H groups in total. The molecule has 0 atom stereocenters. The Morgan fingerprint density at radius 2 is 1.75 bits per heavy atom. The summed E-state index contributed by atoms with van der Waals surface area (Å²) in [5.41, 5.74) is 2.17. The second-order valence-electron chi connectivity index (χ2n) is 4.48. The molecule has 0 saturated carbocycles. The smallest absolute Gasteiger partial charge is 0.230 e. The predicted molar refractivity (Wildman–Crippen MR) is 79.1 cm³/mol. The maximum Gasteiger partial charge on any atom is 0.230 e. The molecule has 0 aliphatic carbocycles. The van der Waals surface area contributed by atoms with Gasteiger partial charge in [0.1, 0.15) is 11.3 Å². The molecule has 2 aromatic heterocycles. The molecule has 20 heavy (non-hydrogen) atoms. The number of sulfonamides is 1. The van der Waals surface area contributed by atoms with Crippen molar-refractivity contribution < 1.29 is 8.42 Å². The summed E-state index contributed by atoms with van der Waals surface area (Å²) in [5.74, 6) is 0.453. The van der Waals surface area contributed by atoms with Crippen LogP contribution in [0.3, 0.4) is 0 Å². The van der Waals surface area contributed by atoms with Crippen LogP contribution in [0, 0.1) is 0 Å². The summed E-state index contributed by atoms with van der Waals surface area (Å²) < 4.78 is 27.4. The van der Waals surface area contributed by atoms with Crippen molar-refractivity contribution in [3.63, 3.8) is 0 Å². The van der Waals surface area contributed by atoms with Crippen LogP contribution in [0.1, 0.15) is 0 Å². The van der Waals surface area contributed by atoms with Crippen LogP contribution < -0.4 is 4.72 Å². The Morgan fingerprint density at radius 3 is 2.45 bits per heavy atom. The van der Waals surface area contributed by atoms with E-state index >= 15 is 0 Å². The van der Waals surface area contributed by atoms with E-state index in [1.165, 1.54) is 0 Å². The number of aromatic nitrogens is 2. The van der Waals surface area contributed by atoms with Crippen molar-refractivity contribution in [2.45, 2.75) is 0 Å². The van der Waals surface area contributed by atoms with Crippen molar-refractivity contribution in [2.24, 2.45) is 0 Å². The van der Waals surface area contributed by atoms with E-state index in [2.05, 4.69) is 9.71 Å². The van der Waals surface area contributed by atoms with Gasteiger partial charge in [-0.25, -0.2) is 13.4 Å². The zero-order chi connectivity index (χ0) is 14.2. The topological polar surface area (TPSA) is 63.5 Å². The van der Waals surface area contributed by atoms with E-state index in [1.54, 1.807) is 10.6 Å². The van der Waals surface area contributed by atoms with E-state index in [-0.39, 0.29) is 0 Å². The fourth-order valence-electron chi connectivity index (χ4n) is 2.07. The molecule has 3 aromatic rings. The predicted octanol–water partition coefficient (Wildman–Crippen LogP) is 2.37. The second kappa shape index (κ2) is 4.64. The average molecular weight is 287 g/mol. The minimum Gasteiger partial charge on any atom is -0.285 e. The molecule has 0 radical (unpaired) electrons. The monoisotopic (exact) mass is 287 g/mol. The Balaban J connectivity index is 2.28. The molecule has 0 fully saturated rings. The van der Waals surface area contributed by atoms with Crippen LogP contribution in [-0.4, -0.2) is 24.1 Å². The van der Waals surface area contributed by atoms with Gasteiger partial charge in [0.15, 0.2) is 5.82 Å². The molecule has 0 unspecified atom stereocenters. The van der Waals surface area contributed by atoms with Gasteiger partial charge in [0, 0.05) is 11.8 Å². The van der Waals surface area contributed by atoms with Gasteiger partial charge in [0.25, 0.3) is 0 Å². The molecule has 2 heterocycles. The van der Waals surface area contributed by atoms with Gasteiger partial charge in [0.2, 0.25) is 10.0 Å². The molecule has 0 bridgehead atoms. The van der Waals surface area contributed by atoms with Crippen LogP contribution in [0.2, 0.25) is 0 Å². The summed E-state index contributed by atoms with van der Waals surface area (Å²) in [6, 6.07) is 15.0. The lowest BCUT2D eigenvalue weighted by molar-refractivity contribution is 0.606. The van der Waals surface area contributed by atoms with E-state index in [0.717, 1.165) is 11.8 Å². The number of pyridine rings is 1. The Hall–Kier alpha value is -2.34. The quantitative estimate of drug-likeness (QED) is 0.804. The van der Waals surface area contributed by atoms with Gasteiger partial charge in [-0.2, -0.15) is 0 Å². The molecule has 6 heteroatoms. The largest absolute Gasteiger partial charge is 0.285 e. The highest BCUT2D eigenvalue weighted by Crippen LogP contribution is 2.28. The summed E-state index contributed by atoms with van der Waals surface area (Å²) in [6.45, 7) is 0. The highest BCUT2D eigenvalue weighted by molar-refractivity contribution is 7.92. The molecule has 0 spiro atoms. The van der Waals surface area contributed by atoms with E-state index in [4.69, 9.17) is 0 Å². The van der Waals surface area contributed by atoms with Gasteiger partial charge in [0.05, 0.1) is 6.26 Å². The van der Waals surface area contributed by atoms with Crippen molar-refractivity contribution in [3.8, 4) is 11.3 Å². The normalized spacial score (nSPS) is 11.7. The molecular weight excluding hydrogens is 274 g/mol. The zero-order valence-electron chi connectivity index (χ0n) is 10.8. The van der Waals surface area contributed by atoms with Gasteiger partial charge < -0.3 is 0 Å². The summed E-state index contributed by atoms with van der Waals surface area (Å²) in [4.78, 5) is 4.50. The second-order valence-corrected chi connectivity index (χ2v) is 6.23. The van der Waals surface area contributed by atoms with Crippen molar-refractivity contribution in [1.82, 2.24) is 9.38 Å². The maximum atomic E-state index is 11.6. The highest BCUT2D eigenvalue weighted by atomic mass is 32.2. The van der Waals surface area contributed by atoms with Crippen LogP contribution in [0.25, 0.3) is 16.9 Å². The SMILES string of the molecule is CS(=O)(=O)Nc1c(-c2ccccc2)nc2ccccn12. The molecule has 3 rings (SSSR count). The van der Waals surface area contributed by atoms with Gasteiger partial charge in [-0.1, -0.05) is 36.4 Å². The molecular formula is C14H13N3O2S. The lowest BCUT2D eigenvalue weighted by Gasteiger charge is -2.06. The Bertz CT molecular complexity index is 855. The van der Waals surface area contributed by atoms with Crippen molar-refractivity contribution in [1.29, 1.82) is 0 Å². The number of hydrogen-bond acceptors (Lipinski definition) is 3. The lowest BCUT2D eigenvalue weighted by Crippen LogP contribution is -2.12. The van der Waals surface area contributed by atoms with Gasteiger partial charge in [-0.3, -0.25) is 9.12 Å². The molecule has 0 aliphatic rings. The first-order valence-electron chi connectivity index (χ1n) is 6.05. The minimum atomic E-state index is -3.38. The zero-order valence-corrected chi connectivity index (χ0v) is 11.6. The summed E-state index contributed by atoms with van der Waals surface area (Å²) >= 11 is 0. The third-order valence-corrected chi connectivity index (χ3v) is 3.42. The minimum absolute atomic E-state index is 0.453. The van der Waals surface area contributed by atoms with E-state index in [9.17, 15) is 8.42 Å². The van der Waals surface area contributed by atoms with Crippen molar-refractivity contribution >= 4 is 21.5 Å². The number of hydrogen-bond donors (Lipinski definition) is 1. The van der Waals surface area contributed by atoms with Crippen molar-refractivity contribution in [3.05, 3.63) is 54.7 Å². The van der Waals surface area contributed by atoms with Crippen LogP contribution >= 0.6 is 0 Å². The number of nitrogens with zero attached hydrogens (tertiary/aromatic N) is 2. The number of anilines is 1. The number of imidazole rings is 1. The van der Waals surface area contributed by atoms with Crippen LogP contribution in [0.5, 0.6) is 0 Å². The highest BCUT2D eigenvalue weighted by Gasteiger charge is 2.16. The third-order valence-electron chi connectivity index (χ3n) is 2.86. The Kier molecular flexibility index (Phi) is 2.94. The first-order chi connectivity index (χ1) is 9.54. The summed E-state index contributed by atoms with van der Waals surface area (Å²) in [6.07, 6.45) is 2.91.